The Morgan fingerprint density at radius 1 is 1.21 bits per heavy atom. The third-order valence-corrected chi connectivity index (χ3v) is 8.05. The van der Waals surface area contributed by atoms with Gasteiger partial charge in [0, 0.05) is 12.6 Å². The first-order valence-corrected chi connectivity index (χ1v) is 12.6. The van der Waals surface area contributed by atoms with Crippen molar-refractivity contribution in [3.8, 4) is 0 Å². The number of rotatable bonds is 10. The van der Waals surface area contributed by atoms with Crippen molar-refractivity contribution in [3.63, 3.8) is 0 Å². The lowest BCUT2D eigenvalue weighted by atomic mass is 9.65. The van der Waals surface area contributed by atoms with E-state index in [1.807, 2.05) is 32.9 Å². The molecule has 0 amide bonds. The second-order valence-corrected chi connectivity index (χ2v) is 10.1. The van der Waals surface area contributed by atoms with Gasteiger partial charge in [-0.3, -0.25) is 4.90 Å². The predicted octanol–water partition coefficient (Wildman–Crippen LogP) is 4.18. The lowest BCUT2D eigenvalue weighted by Gasteiger charge is -2.61. The van der Waals surface area contributed by atoms with Crippen LogP contribution in [0.2, 0.25) is 0 Å². The molecule has 1 saturated carbocycles. The van der Waals surface area contributed by atoms with E-state index in [-0.39, 0.29) is 12.1 Å². The average Bonchev–Trinajstić information content (AvgIpc) is 2.85. The minimum absolute atomic E-state index is 0.0963. The van der Waals surface area contributed by atoms with E-state index in [4.69, 9.17) is 4.74 Å². The van der Waals surface area contributed by atoms with Crippen LogP contribution in [0.5, 0.6) is 0 Å². The summed E-state index contributed by atoms with van der Waals surface area (Å²) < 4.78 is 5.80. The molecule has 3 N–H and O–H groups in total. The third kappa shape index (κ3) is 4.80. The van der Waals surface area contributed by atoms with Gasteiger partial charge in [-0.25, -0.2) is 0 Å². The molecule has 2 aromatic carbocycles. The Balaban J connectivity index is 1.54. The molecule has 2 aromatic rings. The second-order valence-electron chi connectivity index (χ2n) is 10.1. The van der Waals surface area contributed by atoms with Gasteiger partial charge in [0.1, 0.15) is 11.5 Å². The quantitative estimate of drug-likeness (QED) is 0.461. The van der Waals surface area contributed by atoms with E-state index in [1.54, 1.807) is 0 Å². The molecule has 4 rings (SSSR count). The highest BCUT2D eigenvalue weighted by molar-refractivity contribution is 5.34. The van der Waals surface area contributed by atoms with Gasteiger partial charge in [0.05, 0.1) is 24.3 Å². The van der Waals surface area contributed by atoms with Gasteiger partial charge in [-0.1, -0.05) is 61.2 Å². The fourth-order valence-corrected chi connectivity index (χ4v) is 5.65. The molecule has 3 unspecified atom stereocenters. The van der Waals surface area contributed by atoms with Crippen molar-refractivity contribution >= 4 is 0 Å². The van der Waals surface area contributed by atoms with Crippen molar-refractivity contribution in [2.24, 2.45) is 0 Å². The zero-order chi connectivity index (χ0) is 24.3. The molecule has 0 aromatic heterocycles. The largest absolute Gasteiger partial charge is 0.497 e. The van der Waals surface area contributed by atoms with Gasteiger partial charge in [-0.2, -0.15) is 0 Å². The van der Waals surface area contributed by atoms with Crippen LogP contribution in [-0.2, 0) is 24.1 Å². The molecule has 5 nitrogen and oxygen atoms in total. The molecule has 0 radical (unpaired) electrons. The molecule has 1 aliphatic heterocycles. The standard InChI is InChI=1S/C29H40N2O3/c1-5-34-21(2)26(16-15-23-11-7-6-8-12-23)30-22(3)28(4,33)31-20-25-14-10-9-13-24(25)19-29(31)18-17-27(29)32/h6-14,22,26-27,30,32-33H,2,5,15-20H2,1,3-4H3/t22-,26-,27?,28?,29?/m0/s1. The number of benzene rings is 2. The maximum Gasteiger partial charge on any atom is 0.131 e. The Kier molecular flexibility index (Phi) is 7.48. The van der Waals surface area contributed by atoms with E-state index in [0.29, 0.717) is 18.9 Å². The summed E-state index contributed by atoms with van der Waals surface area (Å²) in [6, 6.07) is 18.4. The Bertz CT molecular complexity index is 976. The van der Waals surface area contributed by atoms with Gasteiger partial charge in [0.15, 0.2) is 0 Å². The van der Waals surface area contributed by atoms with Crippen LogP contribution in [0.3, 0.4) is 0 Å². The van der Waals surface area contributed by atoms with Crippen LogP contribution in [-0.4, -0.2) is 51.2 Å². The Labute approximate surface area is 204 Å². The zero-order valence-electron chi connectivity index (χ0n) is 20.8. The topological polar surface area (TPSA) is 65.0 Å². The van der Waals surface area contributed by atoms with Crippen molar-refractivity contribution in [1.82, 2.24) is 10.2 Å². The van der Waals surface area contributed by atoms with Gasteiger partial charge in [0.25, 0.3) is 0 Å². The molecule has 1 spiro atoms. The number of nitrogens with one attached hydrogen (secondary N) is 1. The molecular formula is C29H40N2O3. The number of aliphatic hydroxyl groups excluding tert-OH is 1. The summed E-state index contributed by atoms with van der Waals surface area (Å²) in [5, 5.41) is 26.5. The monoisotopic (exact) mass is 464 g/mol. The summed E-state index contributed by atoms with van der Waals surface area (Å²) in [6.45, 7) is 11.2. The van der Waals surface area contributed by atoms with E-state index in [2.05, 4.69) is 59.3 Å². The summed E-state index contributed by atoms with van der Waals surface area (Å²) in [4.78, 5) is 2.14. The minimum Gasteiger partial charge on any atom is -0.497 e. The predicted molar refractivity (Wildman–Crippen MR) is 136 cm³/mol. The highest BCUT2D eigenvalue weighted by Crippen LogP contribution is 2.48. The smallest absolute Gasteiger partial charge is 0.131 e. The Hall–Kier alpha value is -2.18. The van der Waals surface area contributed by atoms with E-state index in [0.717, 1.165) is 32.1 Å². The Morgan fingerprint density at radius 3 is 2.50 bits per heavy atom. The molecule has 1 fully saturated rings. The van der Waals surface area contributed by atoms with Crippen molar-refractivity contribution in [1.29, 1.82) is 0 Å². The Morgan fingerprint density at radius 2 is 1.88 bits per heavy atom. The highest BCUT2D eigenvalue weighted by Gasteiger charge is 2.58. The number of fused-ring (bicyclic) bond motifs is 1. The fourth-order valence-electron chi connectivity index (χ4n) is 5.65. The van der Waals surface area contributed by atoms with E-state index in [1.165, 1.54) is 16.7 Å². The normalized spacial score (nSPS) is 25.6. The number of hydrogen-bond acceptors (Lipinski definition) is 5. The lowest BCUT2D eigenvalue weighted by molar-refractivity contribution is -0.228. The number of hydrogen-bond donors (Lipinski definition) is 3. The molecular weight excluding hydrogens is 424 g/mol. The molecule has 5 heteroatoms. The van der Waals surface area contributed by atoms with Gasteiger partial charge >= 0.3 is 0 Å². The summed E-state index contributed by atoms with van der Waals surface area (Å²) in [6.07, 6.45) is 3.69. The SMILES string of the molecule is C=C(OCC)[C@H](CCc1ccccc1)N[C@@H](C)C(C)(O)N1Cc2ccccc2CC12CCC2O. The third-order valence-electron chi connectivity index (χ3n) is 8.05. The lowest BCUT2D eigenvalue weighted by Crippen LogP contribution is -2.74. The van der Waals surface area contributed by atoms with Crippen LogP contribution < -0.4 is 5.32 Å². The fraction of sp³-hybridized carbons (Fsp3) is 0.517. The molecule has 0 bridgehead atoms. The number of nitrogens with zero attached hydrogens (tertiary/aromatic N) is 1. The van der Waals surface area contributed by atoms with Crippen LogP contribution in [0.1, 0.15) is 56.7 Å². The van der Waals surface area contributed by atoms with E-state index >= 15 is 0 Å². The van der Waals surface area contributed by atoms with Crippen LogP contribution >= 0.6 is 0 Å². The number of ether oxygens (including phenoxy) is 1. The van der Waals surface area contributed by atoms with E-state index in [9.17, 15) is 10.2 Å². The van der Waals surface area contributed by atoms with Crippen molar-refractivity contribution < 1.29 is 14.9 Å². The average molecular weight is 465 g/mol. The van der Waals surface area contributed by atoms with Gasteiger partial charge in [-0.15, -0.1) is 0 Å². The molecule has 184 valence electrons. The summed E-state index contributed by atoms with van der Waals surface area (Å²) in [5.74, 6) is 0.698. The molecule has 2 aliphatic rings. The summed E-state index contributed by atoms with van der Waals surface area (Å²) in [5.41, 5.74) is 2.16. The minimum atomic E-state index is -1.17. The van der Waals surface area contributed by atoms with Crippen LogP contribution in [0.15, 0.2) is 66.9 Å². The highest BCUT2D eigenvalue weighted by atomic mass is 16.5. The van der Waals surface area contributed by atoms with Gasteiger partial charge in [-0.05, 0) is 69.6 Å². The maximum atomic E-state index is 12.0. The molecule has 0 saturated heterocycles. The van der Waals surface area contributed by atoms with Crippen molar-refractivity contribution in [2.75, 3.05) is 6.61 Å². The molecule has 1 heterocycles. The first-order chi connectivity index (χ1) is 16.3. The maximum absolute atomic E-state index is 12.0. The van der Waals surface area contributed by atoms with Crippen LogP contribution in [0.25, 0.3) is 0 Å². The second kappa shape index (κ2) is 10.2. The summed E-state index contributed by atoms with van der Waals surface area (Å²) >= 11 is 0. The zero-order valence-corrected chi connectivity index (χ0v) is 20.8. The van der Waals surface area contributed by atoms with Gasteiger partial charge in [0.2, 0.25) is 0 Å². The summed E-state index contributed by atoms with van der Waals surface area (Å²) in [7, 11) is 0. The number of aliphatic hydroxyl groups is 2. The van der Waals surface area contributed by atoms with E-state index < -0.39 is 17.4 Å². The van der Waals surface area contributed by atoms with Gasteiger partial charge < -0.3 is 20.3 Å². The van der Waals surface area contributed by atoms with Crippen molar-refractivity contribution in [3.05, 3.63) is 83.6 Å². The molecule has 5 atom stereocenters. The van der Waals surface area contributed by atoms with Crippen LogP contribution in [0.4, 0.5) is 0 Å². The first-order valence-electron chi connectivity index (χ1n) is 12.6. The van der Waals surface area contributed by atoms with Crippen molar-refractivity contribution in [2.45, 2.75) is 88.9 Å². The first kappa shape index (κ1) is 24.9. The molecule has 1 aliphatic carbocycles. The van der Waals surface area contributed by atoms with Crippen LogP contribution in [0, 0.1) is 0 Å². The molecule has 34 heavy (non-hydrogen) atoms. The number of aryl methyl sites for hydroxylation is 1.